The lowest BCUT2D eigenvalue weighted by molar-refractivity contribution is 0.0600. The number of rotatable bonds is 8. The number of nitrogens with zero attached hydrogens (tertiary/aromatic N) is 4. The molecule has 0 aromatic heterocycles. The number of hydrogen-bond acceptors (Lipinski definition) is 7. The van der Waals surface area contributed by atoms with Gasteiger partial charge in [-0.1, -0.05) is 25.5 Å². The second kappa shape index (κ2) is 10.2. The molecule has 190 valence electrons. The molecule has 3 aliphatic heterocycles. The van der Waals surface area contributed by atoms with Crippen molar-refractivity contribution in [3.05, 3.63) is 53.6 Å². The fourth-order valence-corrected chi connectivity index (χ4v) is 4.99. The van der Waals surface area contributed by atoms with Gasteiger partial charge in [-0.25, -0.2) is 19.5 Å². The van der Waals surface area contributed by atoms with E-state index < -0.39 is 12.1 Å². The molecule has 0 bridgehead atoms. The van der Waals surface area contributed by atoms with Crippen molar-refractivity contribution in [1.29, 1.82) is 0 Å². The Bertz CT molecular complexity index is 1160. The van der Waals surface area contributed by atoms with E-state index in [2.05, 4.69) is 11.8 Å². The van der Waals surface area contributed by atoms with Crippen LogP contribution in [0.5, 0.6) is 5.75 Å². The summed E-state index contributed by atoms with van der Waals surface area (Å²) in [4.78, 5) is 37.0. The predicted molar refractivity (Wildman–Crippen MR) is 137 cm³/mol. The van der Waals surface area contributed by atoms with Crippen molar-refractivity contribution in [1.82, 2.24) is 4.90 Å². The largest absolute Gasteiger partial charge is 0.497 e. The molecule has 1 saturated heterocycles. The number of ether oxygens (including phenoxy) is 3. The van der Waals surface area contributed by atoms with Crippen molar-refractivity contribution in [3.63, 3.8) is 0 Å². The molecule has 2 aromatic rings. The number of urea groups is 1. The summed E-state index contributed by atoms with van der Waals surface area (Å²) in [5.74, 6) is 0.859. The van der Waals surface area contributed by atoms with Gasteiger partial charge in [-0.2, -0.15) is 0 Å². The lowest BCUT2D eigenvalue weighted by Gasteiger charge is -2.38. The second-order valence-electron chi connectivity index (χ2n) is 9.18. The molecule has 2 aromatic carbocycles. The molecule has 2 unspecified atom stereocenters. The van der Waals surface area contributed by atoms with E-state index in [9.17, 15) is 9.59 Å². The van der Waals surface area contributed by atoms with Gasteiger partial charge in [0.15, 0.2) is 6.17 Å². The van der Waals surface area contributed by atoms with E-state index in [0.717, 1.165) is 49.3 Å². The molecule has 1 fully saturated rings. The van der Waals surface area contributed by atoms with Crippen LogP contribution in [0.4, 0.5) is 16.2 Å². The normalized spacial score (nSPS) is 20.8. The third kappa shape index (κ3) is 4.28. The SMILES string of the molecule is CCCCN1C(=O)N2C(=NC1c1ccc(OC)cc1)N(CC1CCCO1)c1ccc(C(=O)OC)cc12. The zero-order valence-electron chi connectivity index (χ0n) is 21.0. The van der Waals surface area contributed by atoms with Crippen LogP contribution in [0.15, 0.2) is 47.5 Å². The summed E-state index contributed by atoms with van der Waals surface area (Å²) in [5.41, 5.74) is 2.76. The topological polar surface area (TPSA) is 83.9 Å². The monoisotopic (exact) mass is 492 g/mol. The van der Waals surface area contributed by atoms with Crippen LogP contribution in [0.2, 0.25) is 0 Å². The van der Waals surface area contributed by atoms with E-state index in [4.69, 9.17) is 19.2 Å². The van der Waals surface area contributed by atoms with Gasteiger partial charge in [0.1, 0.15) is 5.75 Å². The van der Waals surface area contributed by atoms with Crippen molar-refractivity contribution >= 4 is 29.3 Å². The average Bonchev–Trinajstić information content (AvgIpc) is 3.54. The first-order valence-corrected chi connectivity index (χ1v) is 12.5. The first-order chi connectivity index (χ1) is 17.5. The van der Waals surface area contributed by atoms with Gasteiger partial charge in [0.25, 0.3) is 0 Å². The molecular formula is C27H32N4O5. The molecule has 0 spiro atoms. The number of esters is 1. The van der Waals surface area contributed by atoms with Gasteiger partial charge in [-0.3, -0.25) is 4.90 Å². The molecule has 2 atom stereocenters. The Hall–Kier alpha value is -3.59. The molecule has 2 amide bonds. The summed E-state index contributed by atoms with van der Waals surface area (Å²) < 4.78 is 16.2. The summed E-state index contributed by atoms with van der Waals surface area (Å²) in [5, 5.41) is 0. The van der Waals surface area contributed by atoms with Crippen LogP contribution in [-0.4, -0.2) is 62.9 Å². The van der Waals surface area contributed by atoms with Gasteiger partial charge in [0.2, 0.25) is 5.96 Å². The Labute approximate surface area is 211 Å². The summed E-state index contributed by atoms with van der Waals surface area (Å²) in [7, 11) is 2.98. The molecule has 0 saturated carbocycles. The maximum absolute atomic E-state index is 14.1. The zero-order chi connectivity index (χ0) is 25.2. The summed E-state index contributed by atoms with van der Waals surface area (Å²) in [6, 6.07) is 12.8. The number of guanidine groups is 1. The smallest absolute Gasteiger partial charge is 0.337 e. The van der Waals surface area contributed by atoms with Gasteiger partial charge in [-0.15, -0.1) is 0 Å². The minimum atomic E-state index is -0.470. The highest BCUT2D eigenvalue weighted by Crippen LogP contribution is 2.43. The number of amides is 2. The number of benzene rings is 2. The minimum Gasteiger partial charge on any atom is -0.497 e. The van der Waals surface area contributed by atoms with Crippen LogP contribution >= 0.6 is 0 Å². The molecule has 36 heavy (non-hydrogen) atoms. The minimum absolute atomic E-state index is 0.0495. The quantitative estimate of drug-likeness (QED) is 0.502. The number of hydrogen-bond donors (Lipinski definition) is 0. The maximum atomic E-state index is 14.1. The first-order valence-electron chi connectivity index (χ1n) is 12.5. The van der Waals surface area contributed by atoms with Crippen LogP contribution in [0.3, 0.4) is 0 Å². The average molecular weight is 493 g/mol. The standard InChI is InChI=1S/C27H32N4O5/c1-4-5-14-29-24(18-8-11-20(34-2)12-9-18)28-26-30(17-21-7-6-15-36-21)22-13-10-19(25(32)35-3)16-23(22)31(26)27(29)33/h8-13,16,21,24H,4-7,14-15,17H2,1-3H3. The van der Waals surface area contributed by atoms with Gasteiger partial charge >= 0.3 is 12.0 Å². The molecule has 0 aliphatic carbocycles. The molecule has 0 N–H and O–H groups in total. The molecular weight excluding hydrogens is 460 g/mol. The maximum Gasteiger partial charge on any atom is 0.337 e. The van der Waals surface area contributed by atoms with Crippen molar-refractivity contribution < 1.29 is 23.8 Å². The van der Waals surface area contributed by atoms with Gasteiger partial charge in [0, 0.05) is 13.2 Å². The van der Waals surface area contributed by atoms with E-state index in [1.54, 1.807) is 29.0 Å². The lowest BCUT2D eigenvalue weighted by Crippen LogP contribution is -2.55. The summed E-state index contributed by atoms with van der Waals surface area (Å²) in [6.45, 7) is 3.98. The van der Waals surface area contributed by atoms with Crippen LogP contribution in [0.1, 0.15) is 54.7 Å². The number of fused-ring (bicyclic) bond motifs is 3. The van der Waals surface area contributed by atoms with Crippen LogP contribution < -0.4 is 14.5 Å². The zero-order valence-corrected chi connectivity index (χ0v) is 21.0. The van der Waals surface area contributed by atoms with Gasteiger partial charge < -0.3 is 19.1 Å². The van der Waals surface area contributed by atoms with Crippen LogP contribution in [-0.2, 0) is 9.47 Å². The fraction of sp³-hybridized carbons (Fsp3) is 0.444. The van der Waals surface area contributed by atoms with Gasteiger partial charge in [0.05, 0.1) is 43.8 Å². The molecule has 9 heteroatoms. The van der Waals surface area contributed by atoms with E-state index in [0.29, 0.717) is 30.3 Å². The predicted octanol–water partition coefficient (Wildman–Crippen LogP) is 4.58. The molecule has 0 radical (unpaired) electrons. The van der Waals surface area contributed by atoms with E-state index >= 15 is 0 Å². The Morgan fingerprint density at radius 1 is 1.14 bits per heavy atom. The molecule has 3 aliphatic rings. The number of unbranched alkanes of at least 4 members (excludes halogenated alkanes) is 1. The Morgan fingerprint density at radius 3 is 2.61 bits per heavy atom. The molecule has 3 heterocycles. The highest BCUT2D eigenvalue weighted by atomic mass is 16.5. The van der Waals surface area contributed by atoms with Crippen molar-refractivity contribution in [2.75, 3.05) is 43.7 Å². The van der Waals surface area contributed by atoms with Crippen molar-refractivity contribution in [2.45, 2.75) is 44.9 Å². The highest BCUT2D eigenvalue weighted by molar-refractivity contribution is 6.29. The highest BCUT2D eigenvalue weighted by Gasteiger charge is 2.46. The number of carbonyl (C=O) groups excluding carboxylic acids is 2. The fourth-order valence-electron chi connectivity index (χ4n) is 4.99. The molecule has 5 rings (SSSR count). The van der Waals surface area contributed by atoms with Gasteiger partial charge in [-0.05, 0) is 55.2 Å². The number of anilines is 2. The summed E-state index contributed by atoms with van der Waals surface area (Å²) >= 11 is 0. The number of methoxy groups -OCH3 is 2. The number of carbonyl (C=O) groups is 2. The summed E-state index contributed by atoms with van der Waals surface area (Å²) in [6.07, 6.45) is 3.35. The molecule has 9 nitrogen and oxygen atoms in total. The van der Waals surface area contributed by atoms with Crippen LogP contribution in [0.25, 0.3) is 0 Å². The number of aliphatic imine (C=N–C) groups is 1. The third-order valence-corrected chi connectivity index (χ3v) is 6.92. The van der Waals surface area contributed by atoms with E-state index in [-0.39, 0.29) is 12.1 Å². The van der Waals surface area contributed by atoms with Crippen molar-refractivity contribution in [3.8, 4) is 5.75 Å². The first kappa shape index (κ1) is 24.1. The lowest BCUT2D eigenvalue weighted by atomic mass is 10.1. The van der Waals surface area contributed by atoms with E-state index in [1.807, 2.05) is 30.3 Å². The Balaban J connectivity index is 1.61. The second-order valence-corrected chi connectivity index (χ2v) is 9.18. The van der Waals surface area contributed by atoms with Crippen LogP contribution in [0, 0.1) is 0 Å². The Kier molecular flexibility index (Phi) is 6.82. The Morgan fingerprint density at radius 2 is 1.94 bits per heavy atom. The van der Waals surface area contributed by atoms with Crippen molar-refractivity contribution in [2.24, 2.45) is 4.99 Å². The third-order valence-electron chi connectivity index (χ3n) is 6.92. The van der Waals surface area contributed by atoms with E-state index in [1.165, 1.54) is 7.11 Å².